The van der Waals surface area contributed by atoms with Gasteiger partial charge in [-0.05, 0) is 31.9 Å². The summed E-state index contributed by atoms with van der Waals surface area (Å²) >= 11 is 1.86. The van der Waals surface area contributed by atoms with Gasteiger partial charge in [0.15, 0.2) is 0 Å². The Morgan fingerprint density at radius 3 is 2.61 bits per heavy atom. The van der Waals surface area contributed by atoms with Crippen molar-refractivity contribution in [3.63, 3.8) is 0 Å². The zero-order valence-electron chi connectivity index (χ0n) is 11.3. The van der Waals surface area contributed by atoms with E-state index in [1.54, 1.807) is 0 Å². The van der Waals surface area contributed by atoms with E-state index in [2.05, 4.69) is 11.6 Å². The van der Waals surface area contributed by atoms with E-state index >= 15 is 0 Å². The van der Waals surface area contributed by atoms with Gasteiger partial charge in [-0.1, -0.05) is 25.7 Å². The second-order valence-corrected chi connectivity index (χ2v) is 6.92. The van der Waals surface area contributed by atoms with Crippen molar-refractivity contribution in [1.29, 1.82) is 0 Å². The number of hydrogen-bond donors (Lipinski definition) is 2. The van der Waals surface area contributed by atoms with Crippen LogP contribution >= 0.6 is 11.8 Å². The topological polar surface area (TPSA) is 49.3 Å². The molecular formula is C14H25NO2S. The van der Waals surface area contributed by atoms with Crippen molar-refractivity contribution < 1.29 is 9.90 Å². The van der Waals surface area contributed by atoms with Crippen LogP contribution in [0.25, 0.3) is 0 Å². The maximum atomic E-state index is 12.1. The second kappa shape index (κ2) is 6.29. The summed E-state index contributed by atoms with van der Waals surface area (Å²) in [5.74, 6) is 0.0466. The molecule has 0 saturated heterocycles. The van der Waals surface area contributed by atoms with Crippen LogP contribution in [0.3, 0.4) is 0 Å². The molecule has 2 atom stereocenters. The molecule has 0 aromatic rings. The summed E-state index contributed by atoms with van der Waals surface area (Å²) in [7, 11) is 0. The molecule has 0 heterocycles. The molecule has 0 unspecified atom stereocenters. The van der Waals surface area contributed by atoms with Crippen molar-refractivity contribution >= 4 is 17.7 Å². The molecule has 2 fully saturated rings. The monoisotopic (exact) mass is 271 g/mol. The predicted molar refractivity (Wildman–Crippen MR) is 75.7 cm³/mol. The smallest absolute Gasteiger partial charge is 0.223 e. The third-order valence-electron chi connectivity index (χ3n) is 4.38. The van der Waals surface area contributed by atoms with Gasteiger partial charge in [-0.3, -0.25) is 4.79 Å². The Kier molecular flexibility index (Phi) is 4.96. The highest BCUT2D eigenvalue weighted by Gasteiger charge is 2.34. The summed E-state index contributed by atoms with van der Waals surface area (Å²) < 4.78 is 0. The first kappa shape index (κ1) is 14.2. The van der Waals surface area contributed by atoms with Crippen LogP contribution in [0, 0.1) is 0 Å². The van der Waals surface area contributed by atoms with Crippen molar-refractivity contribution in [3.8, 4) is 0 Å². The number of aliphatic hydroxyl groups is 1. The van der Waals surface area contributed by atoms with Gasteiger partial charge in [-0.25, -0.2) is 0 Å². The summed E-state index contributed by atoms with van der Waals surface area (Å²) in [4.78, 5) is 12.1. The third kappa shape index (κ3) is 3.64. The molecule has 3 nitrogen and oxygen atoms in total. The summed E-state index contributed by atoms with van der Waals surface area (Å²) in [5, 5.41) is 14.0. The predicted octanol–water partition coefficient (Wildman–Crippen LogP) is 2.47. The third-order valence-corrected chi connectivity index (χ3v) is 5.55. The van der Waals surface area contributed by atoms with Crippen LogP contribution in [0.1, 0.15) is 57.8 Å². The Hall–Kier alpha value is -0.220. The highest BCUT2D eigenvalue weighted by Crippen LogP contribution is 2.33. The van der Waals surface area contributed by atoms with Crippen LogP contribution in [0.15, 0.2) is 0 Å². The SMILES string of the molecule is CS[C@H]1CCCC[C@H]1NC(=O)CC1(O)CCCC1. The molecule has 0 bridgehead atoms. The van der Waals surface area contributed by atoms with Crippen molar-refractivity contribution in [1.82, 2.24) is 5.32 Å². The minimum atomic E-state index is -0.715. The molecule has 2 rings (SSSR count). The molecule has 2 aliphatic rings. The summed E-state index contributed by atoms with van der Waals surface area (Å²) in [6, 6.07) is 0.311. The van der Waals surface area contributed by atoms with Gasteiger partial charge in [-0.15, -0.1) is 0 Å². The Morgan fingerprint density at radius 1 is 1.28 bits per heavy atom. The number of thioether (sulfide) groups is 1. The molecule has 0 aromatic carbocycles. The standard InChI is InChI=1S/C14H25NO2S/c1-18-12-7-3-2-6-11(12)15-13(16)10-14(17)8-4-5-9-14/h11-12,17H,2-10H2,1H3,(H,15,16)/t11-,12+/m1/s1. The first-order valence-electron chi connectivity index (χ1n) is 7.17. The quantitative estimate of drug-likeness (QED) is 0.826. The van der Waals surface area contributed by atoms with Gasteiger partial charge >= 0.3 is 0 Å². The molecule has 0 aromatic heterocycles. The number of nitrogens with one attached hydrogen (secondary N) is 1. The molecule has 2 N–H and O–H groups in total. The molecule has 2 saturated carbocycles. The fourth-order valence-electron chi connectivity index (χ4n) is 3.31. The number of amides is 1. The maximum Gasteiger partial charge on any atom is 0.223 e. The van der Waals surface area contributed by atoms with E-state index in [1.807, 2.05) is 11.8 Å². The lowest BCUT2D eigenvalue weighted by Gasteiger charge is -2.32. The van der Waals surface area contributed by atoms with E-state index < -0.39 is 5.60 Å². The average Bonchev–Trinajstić information content (AvgIpc) is 2.76. The van der Waals surface area contributed by atoms with Crippen LogP contribution in [-0.4, -0.2) is 34.2 Å². The molecule has 2 aliphatic carbocycles. The summed E-state index contributed by atoms with van der Waals surface area (Å²) in [6.45, 7) is 0. The van der Waals surface area contributed by atoms with Crippen LogP contribution in [-0.2, 0) is 4.79 Å². The second-order valence-electron chi connectivity index (χ2n) is 5.84. The van der Waals surface area contributed by atoms with E-state index in [1.165, 1.54) is 19.3 Å². The zero-order valence-corrected chi connectivity index (χ0v) is 12.1. The Labute approximate surface area is 114 Å². The minimum absolute atomic E-state index is 0.0466. The number of carbonyl (C=O) groups excluding carboxylic acids is 1. The lowest BCUT2D eigenvalue weighted by atomic mass is 9.93. The molecule has 0 spiro atoms. The maximum absolute atomic E-state index is 12.1. The van der Waals surface area contributed by atoms with Crippen molar-refractivity contribution in [2.75, 3.05) is 6.26 Å². The Bertz CT molecular complexity index is 290. The van der Waals surface area contributed by atoms with E-state index in [0.717, 1.165) is 32.1 Å². The normalized spacial score (nSPS) is 31.2. The van der Waals surface area contributed by atoms with Gasteiger partial charge < -0.3 is 10.4 Å². The van der Waals surface area contributed by atoms with Crippen molar-refractivity contribution in [2.24, 2.45) is 0 Å². The van der Waals surface area contributed by atoms with Gasteiger partial charge in [0, 0.05) is 11.3 Å². The first-order valence-corrected chi connectivity index (χ1v) is 8.46. The van der Waals surface area contributed by atoms with Gasteiger partial charge in [-0.2, -0.15) is 11.8 Å². The Morgan fingerprint density at radius 2 is 1.94 bits per heavy atom. The average molecular weight is 271 g/mol. The van der Waals surface area contributed by atoms with Crippen LogP contribution in [0.2, 0.25) is 0 Å². The van der Waals surface area contributed by atoms with E-state index in [4.69, 9.17) is 0 Å². The Balaban J connectivity index is 1.82. The lowest BCUT2D eigenvalue weighted by molar-refractivity contribution is -0.126. The molecule has 0 radical (unpaired) electrons. The van der Waals surface area contributed by atoms with Crippen molar-refractivity contribution in [3.05, 3.63) is 0 Å². The van der Waals surface area contributed by atoms with E-state index in [0.29, 0.717) is 17.7 Å². The van der Waals surface area contributed by atoms with Crippen LogP contribution < -0.4 is 5.32 Å². The molecule has 1 amide bonds. The van der Waals surface area contributed by atoms with Crippen LogP contribution in [0.5, 0.6) is 0 Å². The fourth-order valence-corrected chi connectivity index (χ4v) is 4.25. The zero-order chi connectivity index (χ0) is 13.0. The lowest BCUT2D eigenvalue weighted by Crippen LogP contribution is -2.46. The summed E-state index contributed by atoms with van der Waals surface area (Å²) in [6.07, 6.45) is 10.9. The first-order chi connectivity index (χ1) is 8.63. The molecule has 104 valence electrons. The fraction of sp³-hybridized carbons (Fsp3) is 0.929. The highest BCUT2D eigenvalue weighted by molar-refractivity contribution is 7.99. The van der Waals surface area contributed by atoms with Gasteiger partial charge in [0.1, 0.15) is 0 Å². The molecule has 18 heavy (non-hydrogen) atoms. The van der Waals surface area contributed by atoms with Gasteiger partial charge in [0.25, 0.3) is 0 Å². The summed E-state index contributed by atoms with van der Waals surface area (Å²) in [5.41, 5.74) is -0.715. The van der Waals surface area contributed by atoms with Gasteiger partial charge in [0.05, 0.1) is 12.0 Å². The number of carbonyl (C=O) groups is 1. The highest BCUT2D eigenvalue weighted by atomic mass is 32.2. The molecule has 0 aliphatic heterocycles. The van der Waals surface area contributed by atoms with Crippen LogP contribution in [0.4, 0.5) is 0 Å². The largest absolute Gasteiger partial charge is 0.389 e. The number of rotatable bonds is 4. The van der Waals surface area contributed by atoms with Gasteiger partial charge in [0.2, 0.25) is 5.91 Å². The van der Waals surface area contributed by atoms with E-state index in [-0.39, 0.29) is 5.91 Å². The minimum Gasteiger partial charge on any atom is -0.389 e. The number of hydrogen-bond acceptors (Lipinski definition) is 3. The molecular weight excluding hydrogens is 246 g/mol. The van der Waals surface area contributed by atoms with Crippen molar-refractivity contribution in [2.45, 2.75) is 74.7 Å². The molecule has 4 heteroatoms. The van der Waals surface area contributed by atoms with E-state index in [9.17, 15) is 9.90 Å².